The van der Waals surface area contributed by atoms with Gasteiger partial charge < -0.3 is 9.13 Å². The largest absolute Gasteiger partial charge is 0.309 e. The molecule has 0 aliphatic heterocycles. The van der Waals surface area contributed by atoms with Crippen LogP contribution in [0.5, 0.6) is 0 Å². The quantitative estimate of drug-likeness (QED) is 0.203. The number of hydrogen-bond acceptors (Lipinski definition) is 0. The molecule has 0 amide bonds. The van der Waals surface area contributed by atoms with Gasteiger partial charge in [0, 0.05) is 32.9 Å². The van der Waals surface area contributed by atoms with Crippen LogP contribution in [0.4, 0.5) is 0 Å². The lowest BCUT2D eigenvalue weighted by atomic mass is 9.99. The minimum absolute atomic E-state index is 1.16. The third kappa shape index (κ3) is 3.75. The maximum atomic E-state index is 2.43. The highest BCUT2D eigenvalue weighted by Gasteiger charge is 2.20. The van der Waals surface area contributed by atoms with E-state index in [-0.39, 0.29) is 0 Å². The predicted octanol–water partition coefficient (Wildman–Crippen LogP) is 11.2. The molecule has 0 radical (unpaired) electrons. The van der Waals surface area contributed by atoms with Gasteiger partial charge in [-0.05, 0) is 70.8 Å². The lowest BCUT2D eigenvalue weighted by molar-refractivity contribution is 1.16. The number of hydrogen-bond donors (Lipinski definition) is 0. The number of aromatic nitrogens is 2. The summed E-state index contributed by atoms with van der Waals surface area (Å²) in [6.07, 6.45) is 0. The van der Waals surface area contributed by atoms with Crippen molar-refractivity contribution < 1.29 is 0 Å². The summed E-state index contributed by atoms with van der Waals surface area (Å²) in [6, 6.07) is 61.4. The summed E-state index contributed by atoms with van der Waals surface area (Å²) in [5.74, 6) is 0. The highest BCUT2D eigenvalue weighted by molar-refractivity contribution is 6.22. The normalized spacial score (nSPS) is 11.6. The highest BCUT2D eigenvalue weighted by Crippen LogP contribution is 2.42. The molecule has 9 aromatic rings. The number of rotatable bonds is 4. The van der Waals surface area contributed by atoms with Crippen LogP contribution in [0.3, 0.4) is 0 Å². The molecule has 0 unspecified atom stereocenters. The highest BCUT2D eigenvalue weighted by atomic mass is 15.0. The van der Waals surface area contributed by atoms with Crippen molar-refractivity contribution >= 4 is 43.6 Å². The number of para-hydroxylation sites is 2. The van der Waals surface area contributed by atoms with Crippen LogP contribution in [0.15, 0.2) is 170 Å². The molecule has 2 heteroatoms. The van der Waals surface area contributed by atoms with Gasteiger partial charge in [0.2, 0.25) is 0 Å². The summed E-state index contributed by atoms with van der Waals surface area (Å²) in [7, 11) is 0. The smallest absolute Gasteiger partial charge is 0.0562 e. The van der Waals surface area contributed by atoms with Crippen molar-refractivity contribution in [2.45, 2.75) is 0 Å². The van der Waals surface area contributed by atoms with Gasteiger partial charge in [-0.1, -0.05) is 121 Å². The van der Waals surface area contributed by atoms with Crippen molar-refractivity contribution in [1.29, 1.82) is 0 Å². The molecule has 7 aromatic carbocycles. The van der Waals surface area contributed by atoms with Crippen LogP contribution in [0.1, 0.15) is 0 Å². The maximum absolute atomic E-state index is 2.43. The molecule has 44 heavy (non-hydrogen) atoms. The molecule has 0 aliphatic carbocycles. The molecule has 9 rings (SSSR count). The van der Waals surface area contributed by atoms with Gasteiger partial charge in [-0.3, -0.25) is 0 Å². The van der Waals surface area contributed by atoms with Gasteiger partial charge in [-0.15, -0.1) is 0 Å². The van der Waals surface area contributed by atoms with E-state index < -0.39 is 0 Å². The second kappa shape index (κ2) is 9.86. The first-order valence-corrected chi connectivity index (χ1v) is 15.1. The molecule has 2 aromatic heterocycles. The summed E-state index contributed by atoms with van der Waals surface area (Å²) in [5, 5.41) is 5.06. The van der Waals surface area contributed by atoms with Crippen LogP contribution >= 0.6 is 0 Å². The average Bonchev–Trinajstić information content (AvgIpc) is 3.60. The van der Waals surface area contributed by atoms with E-state index in [2.05, 4.69) is 179 Å². The first-order valence-electron chi connectivity index (χ1n) is 15.1. The summed E-state index contributed by atoms with van der Waals surface area (Å²) < 4.78 is 4.85. The van der Waals surface area contributed by atoms with Gasteiger partial charge in [0.1, 0.15) is 0 Å². The van der Waals surface area contributed by atoms with E-state index in [0.29, 0.717) is 0 Å². The van der Waals surface area contributed by atoms with Crippen LogP contribution in [0.2, 0.25) is 0 Å². The molecular weight excluding hydrogens is 532 g/mol. The lowest BCUT2D eigenvalue weighted by Gasteiger charge is -2.11. The first-order chi connectivity index (χ1) is 21.8. The van der Waals surface area contributed by atoms with E-state index >= 15 is 0 Å². The van der Waals surface area contributed by atoms with Crippen molar-refractivity contribution in [2.75, 3.05) is 0 Å². The Morgan fingerprint density at radius 2 is 0.841 bits per heavy atom. The Morgan fingerprint density at radius 1 is 0.295 bits per heavy atom. The Balaban J connectivity index is 1.39. The van der Waals surface area contributed by atoms with E-state index in [1.165, 1.54) is 65.9 Å². The molecule has 0 bridgehead atoms. The Bertz CT molecular complexity index is 2450. The van der Waals surface area contributed by atoms with E-state index in [1.807, 2.05) is 0 Å². The Labute approximate surface area is 255 Å². The summed E-state index contributed by atoms with van der Waals surface area (Å²) in [6.45, 7) is 0. The fourth-order valence-corrected chi connectivity index (χ4v) is 6.95. The van der Waals surface area contributed by atoms with Gasteiger partial charge >= 0.3 is 0 Å². The molecule has 2 heterocycles. The lowest BCUT2D eigenvalue weighted by Crippen LogP contribution is -1.95. The van der Waals surface area contributed by atoms with Crippen molar-refractivity contribution in [3.05, 3.63) is 170 Å². The number of nitrogens with zero attached hydrogens (tertiary/aromatic N) is 2. The van der Waals surface area contributed by atoms with Gasteiger partial charge in [0.15, 0.2) is 0 Å². The van der Waals surface area contributed by atoms with Crippen LogP contribution in [-0.4, -0.2) is 9.13 Å². The zero-order valence-corrected chi connectivity index (χ0v) is 24.1. The predicted molar refractivity (Wildman–Crippen MR) is 186 cm³/mol. The number of benzene rings is 7. The summed E-state index contributed by atoms with van der Waals surface area (Å²) in [4.78, 5) is 0. The standard InChI is InChI=1S/C42H28N2/c1-4-13-29(14-5-1)30-23-25-33(26-24-30)43-38-21-11-10-19-35(38)36-27-37-41(28-40(36)43)44(32-17-8-3-9-18-32)39-22-12-20-34(42(37)39)31-15-6-2-7-16-31/h1-28H. The van der Waals surface area contributed by atoms with Crippen LogP contribution in [0.25, 0.3) is 77.2 Å². The van der Waals surface area contributed by atoms with E-state index in [9.17, 15) is 0 Å². The molecule has 2 nitrogen and oxygen atoms in total. The van der Waals surface area contributed by atoms with E-state index in [1.54, 1.807) is 0 Å². The van der Waals surface area contributed by atoms with Crippen molar-refractivity contribution in [2.24, 2.45) is 0 Å². The molecule has 0 saturated carbocycles. The first kappa shape index (κ1) is 24.7. The molecule has 0 fully saturated rings. The van der Waals surface area contributed by atoms with Crippen LogP contribution in [0, 0.1) is 0 Å². The van der Waals surface area contributed by atoms with E-state index in [4.69, 9.17) is 0 Å². The van der Waals surface area contributed by atoms with Crippen molar-refractivity contribution in [1.82, 2.24) is 9.13 Å². The van der Waals surface area contributed by atoms with Gasteiger partial charge in [-0.25, -0.2) is 0 Å². The molecule has 206 valence electrons. The summed E-state index contributed by atoms with van der Waals surface area (Å²) >= 11 is 0. The van der Waals surface area contributed by atoms with Crippen LogP contribution in [-0.2, 0) is 0 Å². The number of fused-ring (bicyclic) bond motifs is 6. The van der Waals surface area contributed by atoms with Gasteiger partial charge in [-0.2, -0.15) is 0 Å². The minimum Gasteiger partial charge on any atom is -0.309 e. The third-order valence-corrected chi connectivity index (χ3v) is 8.92. The second-order valence-electron chi connectivity index (χ2n) is 11.4. The monoisotopic (exact) mass is 560 g/mol. The third-order valence-electron chi connectivity index (χ3n) is 8.92. The SMILES string of the molecule is c1ccc(-c2ccc(-n3c4ccccc4c4cc5c6c(-c7ccccc7)cccc6n(-c6ccccc6)c5cc43)cc2)cc1. The molecule has 0 spiro atoms. The van der Waals surface area contributed by atoms with Crippen molar-refractivity contribution in [3.63, 3.8) is 0 Å². The molecule has 0 aliphatic rings. The van der Waals surface area contributed by atoms with Gasteiger partial charge in [0.25, 0.3) is 0 Å². The Morgan fingerprint density at radius 3 is 1.59 bits per heavy atom. The van der Waals surface area contributed by atoms with Gasteiger partial charge in [0.05, 0.1) is 22.1 Å². The van der Waals surface area contributed by atoms with E-state index in [0.717, 1.165) is 11.4 Å². The summed E-state index contributed by atoms with van der Waals surface area (Å²) in [5.41, 5.74) is 12.1. The zero-order valence-electron chi connectivity index (χ0n) is 24.1. The minimum atomic E-state index is 1.16. The van der Waals surface area contributed by atoms with Crippen molar-refractivity contribution in [3.8, 4) is 33.6 Å². The molecular formula is C42H28N2. The fraction of sp³-hybridized carbons (Fsp3) is 0. The average molecular weight is 561 g/mol. The second-order valence-corrected chi connectivity index (χ2v) is 11.4. The zero-order chi connectivity index (χ0) is 29.0. The Kier molecular flexibility index (Phi) is 5.54. The molecule has 0 saturated heterocycles. The van der Waals surface area contributed by atoms with Crippen LogP contribution < -0.4 is 0 Å². The molecule has 0 N–H and O–H groups in total. The topological polar surface area (TPSA) is 9.86 Å². The Hall–Kier alpha value is -5.86. The molecule has 0 atom stereocenters. The maximum Gasteiger partial charge on any atom is 0.0562 e. The fourth-order valence-electron chi connectivity index (χ4n) is 6.95.